The van der Waals surface area contributed by atoms with E-state index in [1.807, 2.05) is 10.8 Å². The van der Waals surface area contributed by atoms with Gasteiger partial charge in [-0.1, -0.05) is 0 Å². The summed E-state index contributed by atoms with van der Waals surface area (Å²) >= 11 is 2.35. The highest BCUT2D eigenvalue weighted by Crippen LogP contribution is 2.37. The second kappa shape index (κ2) is 6.48. The smallest absolute Gasteiger partial charge is 0.355 e. The Balaban J connectivity index is 1.73. The van der Waals surface area contributed by atoms with Gasteiger partial charge in [-0.05, 0) is 11.4 Å². The number of halogens is 3. The number of rotatable bonds is 3. The number of amides is 2. The molecule has 0 aromatic carbocycles. The first-order valence-corrected chi connectivity index (χ1v) is 8.57. The van der Waals surface area contributed by atoms with Crippen molar-refractivity contribution in [1.82, 2.24) is 14.7 Å². The lowest BCUT2D eigenvalue weighted by molar-refractivity contribution is -0.197. The molecule has 1 aliphatic rings. The van der Waals surface area contributed by atoms with E-state index in [-0.39, 0.29) is 11.7 Å². The molecule has 0 saturated carbocycles. The van der Waals surface area contributed by atoms with Crippen molar-refractivity contribution in [3.63, 3.8) is 0 Å². The van der Waals surface area contributed by atoms with Gasteiger partial charge in [-0.3, -0.25) is 9.59 Å². The number of alkyl halides is 3. The van der Waals surface area contributed by atoms with Gasteiger partial charge >= 0.3 is 6.18 Å². The predicted molar refractivity (Wildman–Crippen MR) is 82.5 cm³/mol. The number of thiophene rings is 1. The van der Waals surface area contributed by atoms with Crippen LogP contribution in [0.4, 0.5) is 18.3 Å². The molecule has 3 rings (SSSR count). The average Bonchev–Trinajstić information content (AvgIpc) is 3.16. The highest BCUT2D eigenvalue weighted by molar-refractivity contribution is 7.10. The van der Waals surface area contributed by atoms with Crippen molar-refractivity contribution in [3.05, 3.63) is 16.8 Å². The minimum Gasteiger partial charge on any atom is -0.355 e. The maximum absolute atomic E-state index is 13.1. The lowest BCUT2D eigenvalue weighted by Crippen LogP contribution is -2.50. The third-order valence-electron chi connectivity index (χ3n) is 3.60. The number of carbonyl (C=O) groups is 2. The molecule has 0 aliphatic carbocycles. The molecule has 1 fully saturated rings. The van der Waals surface area contributed by atoms with Gasteiger partial charge in [0, 0.05) is 35.4 Å². The van der Waals surface area contributed by atoms with E-state index in [0.29, 0.717) is 5.82 Å². The fraction of sp³-hybridized carbons (Fsp3) is 0.385. The largest absolute Gasteiger partial charge is 0.393 e. The maximum Gasteiger partial charge on any atom is 0.393 e. The zero-order valence-electron chi connectivity index (χ0n) is 12.0. The Labute approximate surface area is 142 Å². The van der Waals surface area contributed by atoms with Crippen LogP contribution >= 0.6 is 22.9 Å². The fourth-order valence-corrected chi connectivity index (χ4v) is 3.61. The summed E-state index contributed by atoms with van der Waals surface area (Å²) in [6.07, 6.45) is -5.37. The van der Waals surface area contributed by atoms with Gasteiger partial charge in [0.2, 0.25) is 16.9 Å². The molecule has 2 unspecified atom stereocenters. The second-order valence-corrected chi connectivity index (χ2v) is 6.72. The molecule has 1 saturated heterocycles. The molecule has 2 N–H and O–H groups in total. The Bertz CT molecular complexity index is 745. The fourth-order valence-electron chi connectivity index (χ4n) is 2.38. The molecule has 0 spiro atoms. The Kier molecular flexibility index (Phi) is 4.54. The first kappa shape index (κ1) is 16.8. The second-order valence-electron chi connectivity index (χ2n) is 5.19. The monoisotopic (exact) mass is 376 g/mol. The average molecular weight is 376 g/mol. The van der Waals surface area contributed by atoms with Crippen LogP contribution < -0.4 is 10.6 Å². The number of hydrogen-bond donors (Lipinski definition) is 2. The van der Waals surface area contributed by atoms with E-state index in [9.17, 15) is 22.8 Å². The van der Waals surface area contributed by atoms with Crippen LogP contribution in [-0.4, -0.2) is 33.9 Å². The summed E-state index contributed by atoms with van der Waals surface area (Å²) in [7, 11) is 0. The van der Waals surface area contributed by atoms with Gasteiger partial charge < -0.3 is 10.6 Å². The number of piperidine rings is 1. The summed E-state index contributed by atoms with van der Waals surface area (Å²) in [5.74, 6) is -4.53. The highest BCUT2D eigenvalue weighted by Gasteiger charge is 2.50. The zero-order chi connectivity index (χ0) is 17.3. The van der Waals surface area contributed by atoms with E-state index < -0.39 is 36.2 Å². The van der Waals surface area contributed by atoms with Gasteiger partial charge in [-0.2, -0.15) is 33.9 Å². The van der Waals surface area contributed by atoms with Crippen LogP contribution in [0.2, 0.25) is 0 Å². The Morgan fingerprint density at radius 3 is 2.88 bits per heavy atom. The van der Waals surface area contributed by atoms with Gasteiger partial charge in [-0.15, -0.1) is 0 Å². The van der Waals surface area contributed by atoms with E-state index in [4.69, 9.17) is 0 Å². The number of hydrogen-bond acceptors (Lipinski definition) is 6. The number of aromatic nitrogens is 2. The van der Waals surface area contributed by atoms with Crippen LogP contribution in [-0.2, 0) is 9.59 Å². The van der Waals surface area contributed by atoms with Crippen molar-refractivity contribution in [2.24, 2.45) is 11.8 Å². The van der Waals surface area contributed by atoms with E-state index in [1.165, 1.54) is 11.3 Å². The standard InChI is InChI=1S/C13H11F3N4O2S2/c14-13(15,16)8-3-9(21)17-4-7(8)11(22)19-12-18-10(20-24-12)6-1-2-23-5-6/h1-2,5,7-8H,3-4H2,(H,17,21)(H,18,19,20,22). The molecular weight excluding hydrogens is 365 g/mol. The zero-order valence-corrected chi connectivity index (χ0v) is 13.6. The van der Waals surface area contributed by atoms with E-state index in [1.54, 1.807) is 6.07 Å². The van der Waals surface area contributed by atoms with Crippen molar-refractivity contribution >= 4 is 39.8 Å². The van der Waals surface area contributed by atoms with Crippen LogP contribution in [0.15, 0.2) is 16.8 Å². The molecule has 1 aliphatic heterocycles. The predicted octanol–water partition coefficient (Wildman–Crippen LogP) is 2.52. The summed E-state index contributed by atoms with van der Waals surface area (Å²) in [5, 5.41) is 8.45. The third kappa shape index (κ3) is 3.56. The third-order valence-corrected chi connectivity index (χ3v) is 4.92. The van der Waals surface area contributed by atoms with Crippen LogP contribution in [0, 0.1) is 11.8 Å². The summed E-state index contributed by atoms with van der Waals surface area (Å²) in [6, 6.07) is 1.80. The summed E-state index contributed by atoms with van der Waals surface area (Å²) in [4.78, 5) is 27.5. The number of nitrogens with zero attached hydrogens (tertiary/aromatic N) is 2. The van der Waals surface area contributed by atoms with Crippen molar-refractivity contribution in [3.8, 4) is 11.4 Å². The first-order valence-electron chi connectivity index (χ1n) is 6.85. The van der Waals surface area contributed by atoms with Crippen molar-refractivity contribution < 1.29 is 22.8 Å². The van der Waals surface area contributed by atoms with Crippen LogP contribution in [0.3, 0.4) is 0 Å². The molecule has 2 amide bonds. The molecule has 24 heavy (non-hydrogen) atoms. The molecule has 2 aromatic rings. The van der Waals surface area contributed by atoms with Gasteiger partial charge in [0.1, 0.15) is 0 Å². The SMILES string of the molecule is O=C1CC(C(F)(F)F)C(C(=O)Nc2nc(-c3ccsc3)ns2)CN1. The minimum absolute atomic E-state index is 0.124. The molecule has 2 aromatic heterocycles. The molecule has 3 heterocycles. The summed E-state index contributed by atoms with van der Waals surface area (Å²) in [5.41, 5.74) is 0.773. The summed E-state index contributed by atoms with van der Waals surface area (Å²) in [6.45, 7) is -0.356. The van der Waals surface area contributed by atoms with Crippen molar-refractivity contribution in [2.75, 3.05) is 11.9 Å². The minimum atomic E-state index is -4.62. The molecule has 128 valence electrons. The maximum atomic E-state index is 13.1. The number of carbonyl (C=O) groups excluding carboxylic acids is 2. The summed E-state index contributed by atoms with van der Waals surface area (Å²) < 4.78 is 43.3. The molecule has 0 radical (unpaired) electrons. The number of nitrogens with one attached hydrogen (secondary N) is 2. The van der Waals surface area contributed by atoms with Crippen molar-refractivity contribution in [1.29, 1.82) is 0 Å². The van der Waals surface area contributed by atoms with Gasteiger partial charge in [0.15, 0.2) is 5.82 Å². The lowest BCUT2D eigenvalue weighted by Gasteiger charge is -2.31. The topological polar surface area (TPSA) is 84.0 Å². The quantitative estimate of drug-likeness (QED) is 0.862. The van der Waals surface area contributed by atoms with Gasteiger partial charge in [0.05, 0.1) is 11.8 Å². The lowest BCUT2D eigenvalue weighted by atomic mass is 9.85. The highest BCUT2D eigenvalue weighted by atomic mass is 32.1. The van der Waals surface area contributed by atoms with E-state index >= 15 is 0 Å². The van der Waals surface area contributed by atoms with Crippen LogP contribution in [0.25, 0.3) is 11.4 Å². The van der Waals surface area contributed by atoms with Crippen LogP contribution in [0.5, 0.6) is 0 Å². The number of anilines is 1. The van der Waals surface area contributed by atoms with Crippen LogP contribution in [0.1, 0.15) is 6.42 Å². The Hall–Kier alpha value is -2.01. The molecule has 2 atom stereocenters. The van der Waals surface area contributed by atoms with Crippen molar-refractivity contribution in [2.45, 2.75) is 12.6 Å². The Morgan fingerprint density at radius 2 is 2.21 bits per heavy atom. The molecular formula is C13H11F3N4O2S2. The van der Waals surface area contributed by atoms with Gasteiger partial charge in [0.25, 0.3) is 0 Å². The molecule has 0 bridgehead atoms. The molecule has 6 nitrogen and oxygen atoms in total. The van der Waals surface area contributed by atoms with E-state index in [2.05, 4.69) is 20.0 Å². The van der Waals surface area contributed by atoms with Gasteiger partial charge in [-0.25, -0.2) is 0 Å². The first-order chi connectivity index (χ1) is 11.3. The molecule has 11 heteroatoms. The van der Waals surface area contributed by atoms with E-state index in [0.717, 1.165) is 17.1 Å². The Morgan fingerprint density at radius 1 is 1.42 bits per heavy atom. The normalized spacial score (nSPS) is 21.4.